The minimum absolute atomic E-state index is 0.879. The van der Waals surface area contributed by atoms with Crippen LogP contribution in [0.3, 0.4) is 0 Å². The second kappa shape index (κ2) is 14.3. The van der Waals surface area contributed by atoms with Crippen molar-refractivity contribution in [1.82, 2.24) is 4.57 Å². The van der Waals surface area contributed by atoms with Crippen LogP contribution < -0.4 is 4.90 Å². The van der Waals surface area contributed by atoms with Crippen molar-refractivity contribution in [1.29, 1.82) is 0 Å². The molecule has 0 radical (unpaired) electrons. The average Bonchev–Trinajstić information content (AvgIpc) is 3.88. The van der Waals surface area contributed by atoms with Crippen LogP contribution in [0.2, 0.25) is 0 Å². The Morgan fingerprint density at radius 2 is 0.885 bits per heavy atom. The Bertz CT molecular complexity index is 3570. The van der Waals surface area contributed by atoms with E-state index in [1.165, 1.54) is 38.5 Å². The first-order valence-electron chi connectivity index (χ1n) is 20.8. The van der Waals surface area contributed by atoms with Crippen molar-refractivity contribution in [3.63, 3.8) is 0 Å². The molecule has 10 aromatic carbocycles. The van der Waals surface area contributed by atoms with E-state index in [0.717, 1.165) is 72.1 Å². The fourth-order valence-corrected chi connectivity index (χ4v) is 9.33. The van der Waals surface area contributed by atoms with Crippen molar-refractivity contribution in [3.8, 4) is 39.1 Å². The van der Waals surface area contributed by atoms with Gasteiger partial charge in [0, 0.05) is 44.3 Å². The minimum Gasteiger partial charge on any atom is -0.456 e. The van der Waals surface area contributed by atoms with Crippen molar-refractivity contribution in [2.45, 2.75) is 0 Å². The quantitative estimate of drug-likeness (QED) is 0.161. The van der Waals surface area contributed by atoms with E-state index < -0.39 is 0 Å². The SMILES string of the molecule is c1ccc(-c2ccc(N(c3cccc(-c4ccccc4)c3)c3ccc4c(c3)c(-c3ccc5c6ccccc6n(-c6ccccc6)c5c3)cc3oc5ccccc5c34)cc2)cc1. The fourth-order valence-electron chi connectivity index (χ4n) is 9.33. The molecule has 0 spiro atoms. The zero-order valence-electron chi connectivity index (χ0n) is 33.2. The molecule has 3 nitrogen and oxygen atoms in total. The van der Waals surface area contributed by atoms with E-state index in [-0.39, 0.29) is 0 Å². The number of rotatable bonds is 7. The molecule has 2 aromatic heterocycles. The van der Waals surface area contributed by atoms with Crippen molar-refractivity contribution < 1.29 is 4.42 Å². The van der Waals surface area contributed by atoms with Crippen LogP contribution in [0.4, 0.5) is 17.1 Å². The lowest BCUT2D eigenvalue weighted by Crippen LogP contribution is -2.10. The Labute approximate surface area is 353 Å². The van der Waals surface area contributed by atoms with Crippen LogP contribution in [-0.4, -0.2) is 4.57 Å². The summed E-state index contributed by atoms with van der Waals surface area (Å²) in [6.07, 6.45) is 0. The third-order valence-electron chi connectivity index (χ3n) is 12.2. The molecule has 0 atom stereocenters. The molecule has 0 N–H and O–H groups in total. The van der Waals surface area contributed by atoms with E-state index in [1.54, 1.807) is 0 Å². The van der Waals surface area contributed by atoms with Crippen molar-refractivity contribution in [2.24, 2.45) is 0 Å². The summed E-state index contributed by atoms with van der Waals surface area (Å²) in [5.74, 6) is 0. The number of benzene rings is 10. The molecule has 61 heavy (non-hydrogen) atoms. The van der Waals surface area contributed by atoms with E-state index in [2.05, 4.69) is 234 Å². The lowest BCUT2D eigenvalue weighted by molar-refractivity contribution is 0.669. The first kappa shape index (κ1) is 34.9. The summed E-state index contributed by atoms with van der Waals surface area (Å²) < 4.78 is 9.05. The first-order valence-corrected chi connectivity index (χ1v) is 20.8. The van der Waals surface area contributed by atoms with Gasteiger partial charge in [-0.05, 0) is 117 Å². The highest BCUT2D eigenvalue weighted by Crippen LogP contribution is 2.45. The monoisotopic (exact) mass is 778 g/mol. The number of aromatic nitrogens is 1. The Hall–Kier alpha value is -8.14. The van der Waals surface area contributed by atoms with Gasteiger partial charge in [-0.3, -0.25) is 0 Å². The second-order valence-corrected chi connectivity index (χ2v) is 15.7. The van der Waals surface area contributed by atoms with Crippen molar-refractivity contribution >= 4 is 71.6 Å². The number of nitrogens with zero attached hydrogens (tertiary/aromatic N) is 2. The number of para-hydroxylation sites is 3. The molecule has 0 fully saturated rings. The minimum atomic E-state index is 0.879. The molecule has 0 unspecified atom stereocenters. The summed E-state index contributed by atoms with van der Waals surface area (Å²) in [4.78, 5) is 2.39. The van der Waals surface area contributed by atoms with Crippen LogP contribution in [-0.2, 0) is 0 Å². The summed E-state index contributed by atoms with van der Waals surface area (Å²) in [5.41, 5.74) is 15.5. The fraction of sp³-hybridized carbons (Fsp3) is 0. The van der Waals surface area contributed by atoms with Gasteiger partial charge in [0.2, 0.25) is 0 Å². The van der Waals surface area contributed by atoms with Gasteiger partial charge in [-0.1, -0.05) is 158 Å². The smallest absolute Gasteiger partial charge is 0.136 e. The van der Waals surface area contributed by atoms with E-state index in [0.29, 0.717) is 0 Å². The zero-order chi connectivity index (χ0) is 40.3. The number of furan rings is 1. The van der Waals surface area contributed by atoms with Gasteiger partial charge >= 0.3 is 0 Å². The van der Waals surface area contributed by atoms with E-state index in [4.69, 9.17) is 4.42 Å². The normalized spacial score (nSPS) is 11.6. The van der Waals surface area contributed by atoms with Crippen LogP contribution >= 0.6 is 0 Å². The van der Waals surface area contributed by atoms with E-state index in [1.807, 2.05) is 6.07 Å². The summed E-state index contributed by atoms with van der Waals surface area (Å²) in [6, 6.07) is 82.9. The predicted molar refractivity (Wildman–Crippen MR) is 257 cm³/mol. The van der Waals surface area contributed by atoms with Gasteiger partial charge in [0.1, 0.15) is 11.2 Å². The molecule has 0 aliphatic rings. The van der Waals surface area contributed by atoms with Gasteiger partial charge in [0.15, 0.2) is 0 Å². The van der Waals surface area contributed by atoms with Crippen LogP contribution in [0.5, 0.6) is 0 Å². The molecule has 0 saturated heterocycles. The van der Waals surface area contributed by atoms with Crippen molar-refractivity contribution in [3.05, 3.63) is 231 Å². The van der Waals surface area contributed by atoms with Crippen LogP contribution in [0.25, 0.3) is 93.6 Å². The third-order valence-corrected chi connectivity index (χ3v) is 12.2. The summed E-state index contributed by atoms with van der Waals surface area (Å²) in [5, 5.41) is 7.02. The molecular weight excluding hydrogens is 741 g/mol. The number of hydrogen-bond acceptors (Lipinski definition) is 2. The zero-order valence-corrected chi connectivity index (χ0v) is 33.2. The largest absolute Gasteiger partial charge is 0.456 e. The van der Waals surface area contributed by atoms with Gasteiger partial charge in [0.25, 0.3) is 0 Å². The van der Waals surface area contributed by atoms with Crippen LogP contribution in [0.1, 0.15) is 0 Å². The van der Waals surface area contributed by atoms with Crippen LogP contribution in [0, 0.1) is 0 Å². The summed E-state index contributed by atoms with van der Waals surface area (Å²) in [7, 11) is 0. The molecule has 0 aliphatic carbocycles. The molecule has 0 bridgehead atoms. The Morgan fingerprint density at radius 1 is 0.311 bits per heavy atom. The summed E-state index contributed by atoms with van der Waals surface area (Å²) in [6.45, 7) is 0. The molecule has 12 rings (SSSR count). The maximum absolute atomic E-state index is 6.65. The van der Waals surface area contributed by atoms with E-state index >= 15 is 0 Å². The molecule has 286 valence electrons. The van der Waals surface area contributed by atoms with Crippen molar-refractivity contribution in [2.75, 3.05) is 4.90 Å². The lowest BCUT2D eigenvalue weighted by Gasteiger charge is -2.27. The molecule has 0 amide bonds. The Kier molecular flexibility index (Phi) is 8.17. The molecule has 12 aromatic rings. The lowest BCUT2D eigenvalue weighted by atomic mass is 9.93. The maximum atomic E-state index is 6.65. The number of anilines is 3. The molecule has 2 heterocycles. The van der Waals surface area contributed by atoms with E-state index in [9.17, 15) is 0 Å². The highest BCUT2D eigenvalue weighted by Gasteiger charge is 2.21. The molecule has 0 saturated carbocycles. The highest BCUT2D eigenvalue weighted by molar-refractivity contribution is 6.23. The van der Waals surface area contributed by atoms with Gasteiger partial charge < -0.3 is 13.9 Å². The predicted octanol–water partition coefficient (Wildman–Crippen LogP) is 16.3. The van der Waals surface area contributed by atoms with Gasteiger partial charge in [-0.15, -0.1) is 0 Å². The first-order chi connectivity index (χ1) is 30.2. The molecule has 3 heteroatoms. The van der Waals surface area contributed by atoms with Gasteiger partial charge in [0.05, 0.1) is 11.0 Å². The molecular formula is C58H38N2O. The second-order valence-electron chi connectivity index (χ2n) is 15.7. The third kappa shape index (κ3) is 5.90. The van der Waals surface area contributed by atoms with Gasteiger partial charge in [-0.2, -0.15) is 0 Å². The maximum Gasteiger partial charge on any atom is 0.136 e. The standard InChI is InChI=1S/C58H38N2O/c1-4-15-39(16-5-1)41-27-30-45(31-28-41)59(46-22-14-19-42(35-46)40-17-6-2-7-18-40)47-32-34-50-53(37-47)52(38-57-58(50)51-24-11-13-26-56(51)61-57)43-29-33-49-48-23-10-12-25-54(48)60(55(49)36-43)44-20-8-3-9-21-44/h1-38H. The molecule has 0 aliphatic heterocycles. The Balaban J connectivity index is 1.11. The summed E-state index contributed by atoms with van der Waals surface area (Å²) >= 11 is 0. The number of hydrogen-bond donors (Lipinski definition) is 0. The van der Waals surface area contributed by atoms with Crippen LogP contribution in [0.15, 0.2) is 235 Å². The average molecular weight is 779 g/mol. The number of fused-ring (bicyclic) bond motifs is 8. The van der Waals surface area contributed by atoms with Gasteiger partial charge in [-0.25, -0.2) is 0 Å². The highest BCUT2D eigenvalue weighted by atomic mass is 16.3. The topological polar surface area (TPSA) is 21.3 Å². The Morgan fingerprint density at radius 3 is 1.67 bits per heavy atom.